The molecule has 0 saturated heterocycles. The predicted octanol–water partition coefficient (Wildman–Crippen LogP) is 4.52. The Hall–Kier alpha value is -2.28. The molecule has 7 heteroatoms. The Morgan fingerprint density at radius 2 is 1.76 bits per heavy atom. The number of halogens is 3. The van der Waals surface area contributed by atoms with Crippen molar-refractivity contribution in [3.05, 3.63) is 71.3 Å². The lowest BCUT2D eigenvalue weighted by Gasteiger charge is -2.29. The van der Waals surface area contributed by atoms with E-state index in [2.05, 4.69) is 10.5 Å². The fourth-order valence-electron chi connectivity index (χ4n) is 2.42. The third-order valence-electron chi connectivity index (χ3n) is 3.87. The molecule has 1 aliphatic heterocycles. The Morgan fingerprint density at radius 3 is 2.36 bits per heavy atom. The molecular weight excluding hydrogens is 349 g/mol. The maximum Gasteiger partial charge on any atom is 0.423 e. The number of Topliss-reactive ketones (excluding diaryl/α,β-unsaturated/α-hetero) is 1. The number of nitrogens with zero attached hydrogens (tertiary/aromatic N) is 1. The van der Waals surface area contributed by atoms with Crippen LogP contribution in [-0.2, 0) is 0 Å². The molecule has 0 unspecified atom stereocenters. The van der Waals surface area contributed by atoms with Gasteiger partial charge in [0.15, 0.2) is 5.78 Å². The normalized spacial score (nSPS) is 20.1. The molecule has 2 aromatic rings. The highest BCUT2D eigenvalue weighted by Crippen LogP contribution is 2.47. The zero-order valence-electron chi connectivity index (χ0n) is 13.3. The van der Waals surface area contributed by atoms with Crippen LogP contribution in [-0.4, -0.2) is 21.9 Å². The topological polar surface area (TPSA) is 41.5 Å². The van der Waals surface area contributed by atoms with Crippen molar-refractivity contribution in [2.45, 2.75) is 24.4 Å². The van der Waals surface area contributed by atoms with E-state index in [-0.39, 0.29) is 10.6 Å². The Kier molecular flexibility index (Phi) is 4.60. The molecule has 0 radical (unpaired) electrons. The first kappa shape index (κ1) is 17.5. The van der Waals surface area contributed by atoms with Gasteiger partial charge in [-0.2, -0.15) is 18.3 Å². The van der Waals surface area contributed by atoms with Crippen molar-refractivity contribution in [3.8, 4) is 0 Å². The van der Waals surface area contributed by atoms with Gasteiger partial charge in [-0.3, -0.25) is 10.2 Å². The van der Waals surface area contributed by atoms with Crippen LogP contribution in [0.1, 0.15) is 27.9 Å². The summed E-state index contributed by atoms with van der Waals surface area (Å²) >= 11 is 0.540. The number of hydrazone groups is 1. The van der Waals surface area contributed by atoms with Gasteiger partial charge in [0.25, 0.3) is 0 Å². The van der Waals surface area contributed by atoms with Crippen LogP contribution in [0.4, 0.5) is 13.2 Å². The third kappa shape index (κ3) is 3.56. The van der Waals surface area contributed by atoms with Crippen molar-refractivity contribution >= 4 is 22.6 Å². The second kappa shape index (κ2) is 6.55. The zero-order chi connectivity index (χ0) is 18.1. The second-order valence-corrected chi connectivity index (χ2v) is 7.08. The maximum atomic E-state index is 13.7. The van der Waals surface area contributed by atoms with Crippen molar-refractivity contribution in [1.29, 1.82) is 0 Å². The van der Waals surface area contributed by atoms with Crippen molar-refractivity contribution in [2.75, 3.05) is 0 Å². The zero-order valence-corrected chi connectivity index (χ0v) is 14.1. The number of ketones is 1. The smallest absolute Gasteiger partial charge is 0.294 e. The van der Waals surface area contributed by atoms with E-state index in [1.165, 1.54) is 12.1 Å². The Labute approximate surface area is 147 Å². The molecule has 1 N–H and O–H groups in total. The Morgan fingerprint density at radius 1 is 1.12 bits per heavy atom. The molecule has 0 fully saturated rings. The van der Waals surface area contributed by atoms with Gasteiger partial charge < -0.3 is 0 Å². The van der Waals surface area contributed by atoms with Gasteiger partial charge >= 0.3 is 6.18 Å². The first-order valence-corrected chi connectivity index (χ1v) is 8.38. The highest BCUT2D eigenvalue weighted by atomic mass is 32.2. The van der Waals surface area contributed by atoms with Gasteiger partial charge in [0.2, 0.25) is 4.87 Å². The van der Waals surface area contributed by atoms with Crippen LogP contribution in [0, 0.1) is 6.92 Å². The first-order chi connectivity index (χ1) is 11.8. The summed E-state index contributed by atoms with van der Waals surface area (Å²) in [6.45, 7) is 1.89. The van der Waals surface area contributed by atoms with Crippen LogP contribution in [0.3, 0.4) is 0 Å². The van der Waals surface area contributed by atoms with E-state index in [0.717, 1.165) is 5.56 Å². The molecule has 3 nitrogen and oxygen atoms in total. The van der Waals surface area contributed by atoms with Gasteiger partial charge in [0.1, 0.15) is 5.04 Å². The highest BCUT2D eigenvalue weighted by molar-refractivity contribution is 8.15. The lowest BCUT2D eigenvalue weighted by molar-refractivity contribution is -0.165. The van der Waals surface area contributed by atoms with Crippen molar-refractivity contribution in [2.24, 2.45) is 5.10 Å². The fraction of sp³-hybridized carbons (Fsp3) is 0.222. The summed E-state index contributed by atoms with van der Waals surface area (Å²) in [5, 5.41) is 4.08. The first-order valence-electron chi connectivity index (χ1n) is 7.57. The monoisotopic (exact) mass is 364 g/mol. The molecule has 1 heterocycles. The number of carbonyl (C=O) groups excluding carboxylic acids is 1. The van der Waals surface area contributed by atoms with Gasteiger partial charge in [-0.05, 0) is 6.92 Å². The summed E-state index contributed by atoms with van der Waals surface area (Å²) in [5.74, 6) is -0.585. The number of carbonyl (C=O) groups is 1. The molecule has 0 amide bonds. The quantitative estimate of drug-likeness (QED) is 0.811. The Balaban J connectivity index is 1.85. The number of aryl methyl sites for hydroxylation is 1. The number of hydrogen-bond donors (Lipinski definition) is 1. The SMILES string of the molecule is Cc1ccc(C2=NN[C@@](CC(=O)c3ccccc3)(C(F)(F)F)S2)cc1. The molecule has 1 atom stereocenters. The van der Waals surface area contributed by atoms with Gasteiger partial charge in [-0.25, -0.2) is 0 Å². The van der Waals surface area contributed by atoms with E-state index in [1.807, 2.05) is 6.92 Å². The molecule has 0 spiro atoms. The average molecular weight is 364 g/mol. The number of rotatable bonds is 4. The summed E-state index contributed by atoms with van der Waals surface area (Å²) in [6, 6.07) is 15.0. The average Bonchev–Trinajstić information content (AvgIpc) is 3.01. The molecule has 0 saturated carbocycles. The summed E-state index contributed by atoms with van der Waals surface area (Å²) in [7, 11) is 0. The van der Waals surface area contributed by atoms with Crippen molar-refractivity contribution in [1.82, 2.24) is 5.43 Å². The number of nitrogens with one attached hydrogen (secondary N) is 1. The molecule has 25 heavy (non-hydrogen) atoms. The van der Waals surface area contributed by atoms with Crippen LogP contribution in [0.5, 0.6) is 0 Å². The molecule has 1 aliphatic rings. The molecule has 2 aromatic carbocycles. The van der Waals surface area contributed by atoms with E-state index < -0.39 is 23.3 Å². The predicted molar refractivity (Wildman–Crippen MR) is 92.6 cm³/mol. The summed E-state index contributed by atoms with van der Waals surface area (Å²) in [4.78, 5) is 9.88. The van der Waals surface area contributed by atoms with Crippen LogP contribution in [0.25, 0.3) is 0 Å². The molecule has 3 rings (SSSR count). The summed E-state index contributed by atoms with van der Waals surface area (Å²) < 4.78 is 41.2. The van der Waals surface area contributed by atoms with Crippen LogP contribution < -0.4 is 5.43 Å². The van der Waals surface area contributed by atoms with E-state index >= 15 is 0 Å². The maximum absolute atomic E-state index is 13.7. The minimum Gasteiger partial charge on any atom is -0.294 e. The minimum atomic E-state index is -4.64. The molecule has 0 aromatic heterocycles. The standard InChI is InChI=1S/C18H15F3N2OS/c1-12-7-9-14(10-8-12)16-22-23-17(25-16,18(19,20)21)11-15(24)13-5-3-2-4-6-13/h2-10,23H,11H2,1H3/t17-/m1/s1. The third-order valence-corrected chi connectivity index (χ3v) is 5.21. The van der Waals surface area contributed by atoms with Crippen LogP contribution in [0.15, 0.2) is 59.7 Å². The van der Waals surface area contributed by atoms with Crippen LogP contribution >= 0.6 is 11.8 Å². The van der Waals surface area contributed by atoms with Gasteiger partial charge in [-0.1, -0.05) is 71.9 Å². The molecule has 0 bridgehead atoms. The van der Waals surface area contributed by atoms with Gasteiger partial charge in [0.05, 0.1) is 6.42 Å². The Bertz CT molecular complexity index is 803. The van der Waals surface area contributed by atoms with Crippen molar-refractivity contribution < 1.29 is 18.0 Å². The molecule has 130 valence electrons. The fourth-order valence-corrected chi connectivity index (χ4v) is 3.51. The van der Waals surface area contributed by atoms with E-state index in [0.29, 0.717) is 17.3 Å². The lowest BCUT2D eigenvalue weighted by Crippen LogP contribution is -2.51. The number of alkyl halides is 3. The minimum absolute atomic E-state index is 0.221. The van der Waals surface area contributed by atoms with Gasteiger partial charge in [0, 0.05) is 11.1 Å². The number of hydrogen-bond acceptors (Lipinski definition) is 4. The molecular formula is C18H15F3N2OS. The lowest BCUT2D eigenvalue weighted by atomic mass is 10.0. The van der Waals surface area contributed by atoms with E-state index in [9.17, 15) is 18.0 Å². The number of thioether (sulfide) groups is 1. The summed E-state index contributed by atoms with van der Waals surface area (Å²) in [5.41, 5.74) is 4.01. The van der Waals surface area contributed by atoms with Crippen LogP contribution in [0.2, 0.25) is 0 Å². The van der Waals surface area contributed by atoms with Crippen molar-refractivity contribution in [3.63, 3.8) is 0 Å². The summed E-state index contributed by atoms with van der Waals surface area (Å²) in [6.07, 6.45) is -5.37. The van der Waals surface area contributed by atoms with E-state index in [4.69, 9.17) is 0 Å². The van der Waals surface area contributed by atoms with E-state index in [1.54, 1.807) is 42.5 Å². The molecule has 0 aliphatic carbocycles. The largest absolute Gasteiger partial charge is 0.423 e. The van der Waals surface area contributed by atoms with Gasteiger partial charge in [-0.15, -0.1) is 0 Å². The second-order valence-electron chi connectivity index (χ2n) is 5.79. The number of benzene rings is 2. The highest BCUT2D eigenvalue weighted by Gasteiger charge is 2.60.